The zero-order valence-corrected chi connectivity index (χ0v) is 8.37. The van der Waals surface area contributed by atoms with Crippen LogP contribution in [-0.4, -0.2) is 11.1 Å². The second-order valence-corrected chi connectivity index (χ2v) is 4.06. The predicted molar refractivity (Wildman–Crippen MR) is 54.6 cm³/mol. The van der Waals surface area contributed by atoms with Crippen molar-refractivity contribution in [3.63, 3.8) is 0 Å². The van der Waals surface area contributed by atoms with Crippen LogP contribution in [0.5, 0.6) is 0 Å². The Bertz CT molecular complexity index is 362. The van der Waals surface area contributed by atoms with Gasteiger partial charge < -0.3 is 5.11 Å². The van der Waals surface area contributed by atoms with Crippen LogP contribution in [0.3, 0.4) is 0 Å². The summed E-state index contributed by atoms with van der Waals surface area (Å²) in [5, 5.41) is 9.60. The van der Waals surface area contributed by atoms with Gasteiger partial charge in [-0.25, -0.2) is 0 Å². The van der Waals surface area contributed by atoms with Crippen molar-refractivity contribution in [2.45, 2.75) is 18.8 Å². The molecule has 1 aromatic rings. The largest absolute Gasteiger partial charge is 0.481 e. The molecule has 1 fully saturated rings. The van der Waals surface area contributed by atoms with Gasteiger partial charge in [-0.05, 0) is 30.4 Å². The number of carbonyl (C=O) groups is 1. The van der Waals surface area contributed by atoms with Gasteiger partial charge in [-0.3, -0.25) is 4.79 Å². The molecule has 2 atom stereocenters. The molecule has 74 valence electrons. The molecule has 0 bridgehead atoms. The highest BCUT2D eigenvalue weighted by Crippen LogP contribution is 2.44. The van der Waals surface area contributed by atoms with Crippen LogP contribution in [0.4, 0.5) is 0 Å². The number of hydrogen-bond acceptors (Lipinski definition) is 1. The number of halogens is 1. The molecular formula is C11H11ClO2. The number of benzene rings is 1. The van der Waals surface area contributed by atoms with Gasteiger partial charge in [-0.2, -0.15) is 0 Å². The fourth-order valence-electron chi connectivity index (χ4n) is 1.94. The molecule has 1 aromatic carbocycles. The second-order valence-electron chi connectivity index (χ2n) is 3.65. The summed E-state index contributed by atoms with van der Waals surface area (Å²) in [7, 11) is 0. The minimum Gasteiger partial charge on any atom is -0.481 e. The van der Waals surface area contributed by atoms with Gasteiger partial charge in [-0.1, -0.05) is 29.8 Å². The van der Waals surface area contributed by atoms with Gasteiger partial charge in [-0.15, -0.1) is 0 Å². The SMILES string of the molecule is O=C(O)C1CCC1c1ccccc1Cl. The van der Waals surface area contributed by atoms with Gasteiger partial charge in [0.2, 0.25) is 0 Å². The van der Waals surface area contributed by atoms with E-state index in [1.54, 1.807) is 0 Å². The van der Waals surface area contributed by atoms with Crippen molar-refractivity contribution in [3.05, 3.63) is 34.9 Å². The first-order chi connectivity index (χ1) is 6.70. The molecular weight excluding hydrogens is 200 g/mol. The molecule has 1 aliphatic carbocycles. The van der Waals surface area contributed by atoms with Crippen LogP contribution in [0.2, 0.25) is 5.02 Å². The summed E-state index contributed by atoms with van der Waals surface area (Å²) in [5.41, 5.74) is 0.979. The lowest BCUT2D eigenvalue weighted by Crippen LogP contribution is -2.31. The number of hydrogen-bond donors (Lipinski definition) is 1. The van der Waals surface area contributed by atoms with Gasteiger partial charge in [0.15, 0.2) is 0 Å². The second kappa shape index (κ2) is 3.62. The van der Waals surface area contributed by atoms with Crippen molar-refractivity contribution in [2.24, 2.45) is 5.92 Å². The maximum Gasteiger partial charge on any atom is 0.307 e. The minimum absolute atomic E-state index is 0.112. The lowest BCUT2D eigenvalue weighted by Gasteiger charge is -2.34. The molecule has 2 unspecified atom stereocenters. The van der Waals surface area contributed by atoms with Crippen LogP contribution >= 0.6 is 11.6 Å². The van der Waals surface area contributed by atoms with Crippen LogP contribution in [0.1, 0.15) is 24.3 Å². The molecule has 14 heavy (non-hydrogen) atoms. The summed E-state index contributed by atoms with van der Waals surface area (Å²) in [6.07, 6.45) is 1.70. The highest BCUT2D eigenvalue weighted by Gasteiger charge is 2.38. The lowest BCUT2D eigenvalue weighted by atomic mass is 9.70. The van der Waals surface area contributed by atoms with E-state index in [1.807, 2.05) is 24.3 Å². The zero-order valence-electron chi connectivity index (χ0n) is 7.61. The lowest BCUT2D eigenvalue weighted by molar-refractivity contribution is -0.145. The predicted octanol–water partition coefficient (Wildman–Crippen LogP) is 2.92. The van der Waals surface area contributed by atoms with E-state index in [0.29, 0.717) is 5.02 Å². The van der Waals surface area contributed by atoms with Crippen molar-refractivity contribution in [2.75, 3.05) is 0 Å². The van der Waals surface area contributed by atoms with Crippen LogP contribution in [0.25, 0.3) is 0 Å². The smallest absolute Gasteiger partial charge is 0.307 e. The van der Waals surface area contributed by atoms with Gasteiger partial charge in [0.05, 0.1) is 5.92 Å². The molecule has 0 radical (unpaired) electrons. The van der Waals surface area contributed by atoms with Crippen LogP contribution in [0.15, 0.2) is 24.3 Å². The van der Waals surface area contributed by atoms with E-state index in [0.717, 1.165) is 18.4 Å². The van der Waals surface area contributed by atoms with Crippen LogP contribution in [0, 0.1) is 5.92 Å². The summed E-state index contributed by atoms with van der Waals surface area (Å²) in [6, 6.07) is 7.49. The van der Waals surface area contributed by atoms with Crippen molar-refractivity contribution < 1.29 is 9.90 Å². The summed E-state index contributed by atoms with van der Waals surface area (Å²) in [4.78, 5) is 10.8. The topological polar surface area (TPSA) is 37.3 Å². The molecule has 1 N–H and O–H groups in total. The quantitative estimate of drug-likeness (QED) is 0.815. The van der Waals surface area contributed by atoms with E-state index >= 15 is 0 Å². The Labute approximate surface area is 87.5 Å². The van der Waals surface area contributed by atoms with Crippen LogP contribution < -0.4 is 0 Å². The fourth-order valence-corrected chi connectivity index (χ4v) is 2.22. The third-order valence-electron chi connectivity index (χ3n) is 2.90. The molecule has 0 aliphatic heterocycles. The van der Waals surface area contributed by atoms with E-state index in [1.165, 1.54) is 0 Å². The van der Waals surface area contributed by atoms with Gasteiger partial charge >= 0.3 is 5.97 Å². The van der Waals surface area contributed by atoms with Crippen molar-refractivity contribution in [1.82, 2.24) is 0 Å². The van der Waals surface area contributed by atoms with E-state index in [9.17, 15) is 4.79 Å². The Morgan fingerprint density at radius 3 is 2.57 bits per heavy atom. The Hall–Kier alpha value is -1.02. The maximum atomic E-state index is 10.8. The summed E-state index contributed by atoms with van der Waals surface area (Å²) in [5.74, 6) is -0.836. The third kappa shape index (κ3) is 1.50. The summed E-state index contributed by atoms with van der Waals surface area (Å²) in [6.45, 7) is 0. The normalized spacial score (nSPS) is 25.5. The Balaban J connectivity index is 2.24. The molecule has 0 heterocycles. The number of aliphatic carboxylic acids is 1. The first-order valence-electron chi connectivity index (χ1n) is 4.67. The zero-order chi connectivity index (χ0) is 10.1. The molecule has 0 spiro atoms. The fraction of sp³-hybridized carbons (Fsp3) is 0.364. The maximum absolute atomic E-state index is 10.8. The molecule has 2 nitrogen and oxygen atoms in total. The first kappa shape index (κ1) is 9.53. The standard InChI is InChI=1S/C11H11ClO2/c12-10-4-2-1-3-8(10)7-5-6-9(7)11(13)14/h1-4,7,9H,5-6H2,(H,13,14). The Morgan fingerprint density at radius 1 is 1.36 bits per heavy atom. The van der Waals surface area contributed by atoms with Crippen LogP contribution in [-0.2, 0) is 4.79 Å². The number of carboxylic acids is 1. The Morgan fingerprint density at radius 2 is 2.07 bits per heavy atom. The van der Waals surface area contributed by atoms with Crippen molar-refractivity contribution in [3.8, 4) is 0 Å². The summed E-state index contributed by atoms with van der Waals surface area (Å²) < 4.78 is 0. The van der Waals surface area contributed by atoms with E-state index in [2.05, 4.69) is 0 Å². The first-order valence-corrected chi connectivity index (χ1v) is 5.05. The van der Waals surface area contributed by atoms with Crippen molar-refractivity contribution in [1.29, 1.82) is 0 Å². The highest BCUT2D eigenvalue weighted by molar-refractivity contribution is 6.31. The highest BCUT2D eigenvalue weighted by atomic mass is 35.5. The molecule has 2 rings (SSSR count). The van der Waals surface area contributed by atoms with E-state index in [4.69, 9.17) is 16.7 Å². The molecule has 0 saturated heterocycles. The monoisotopic (exact) mass is 210 g/mol. The molecule has 0 aromatic heterocycles. The van der Waals surface area contributed by atoms with E-state index in [-0.39, 0.29) is 11.8 Å². The Kier molecular flexibility index (Phi) is 2.46. The average Bonchev–Trinajstić information content (AvgIpc) is 2.05. The van der Waals surface area contributed by atoms with Gasteiger partial charge in [0, 0.05) is 5.02 Å². The van der Waals surface area contributed by atoms with Gasteiger partial charge in [0.25, 0.3) is 0 Å². The minimum atomic E-state index is -0.707. The molecule has 1 saturated carbocycles. The summed E-state index contributed by atoms with van der Waals surface area (Å²) >= 11 is 6.01. The molecule has 1 aliphatic rings. The number of rotatable bonds is 2. The third-order valence-corrected chi connectivity index (χ3v) is 3.24. The number of carboxylic acid groups (broad SMARTS) is 1. The molecule has 0 amide bonds. The van der Waals surface area contributed by atoms with E-state index < -0.39 is 5.97 Å². The van der Waals surface area contributed by atoms with Crippen molar-refractivity contribution >= 4 is 17.6 Å². The average molecular weight is 211 g/mol. The van der Waals surface area contributed by atoms with Gasteiger partial charge in [0.1, 0.15) is 0 Å². The molecule has 3 heteroatoms.